The van der Waals surface area contributed by atoms with Crippen LogP contribution in [0.4, 0.5) is 5.69 Å². The molecule has 34 heavy (non-hydrogen) atoms. The van der Waals surface area contributed by atoms with Gasteiger partial charge in [-0.3, -0.25) is 9.97 Å². The van der Waals surface area contributed by atoms with Gasteiger partial charge < -0.3 is 30.0 Å². The van der Waals surface area contributed by atoms with Crippen LogP contribution in [0.2, 0.25) is 0 Å². The minimum absolute atomic E-state index is 0. The molecule has 10 heteroatoms. The lowest BCUT2D eigenvalue weighted by Gasteiger charge is -2.36. The summed E-state index contributed by atoms with van der Waals surface area (Å²) < 4.78 is 16.4. The zero-order valence-electron chi connectivity index (χ0n) is 19.1. The average Bonchev–Trinajstić information content (AvgIpc) is 2.87. The summed E-state index contributed by atoms with van der Waals surface area (Å²) in [6, 6.07) is 7.83. The summed E-state index contributed by atoms with van der Waals surface area (Å²) in [6.45, 7) is 2.25. The molecule has 0 amide bonds. The van der Waals surface area contributed by atoms with Gasteiger partial charge in [-0.25, -0.2) is 4.98 Å². The summed E-state index contributed by atoms with van der Waals surface area (Å²) in [5.74, 6) is 2.00. The number of pyridine rings is 3. The standard InChI is InChI=1S/C24H29N5O4.ClH/c1-31-22-3-2-18-23(29-22)19(6-9-25-18)28-15-24(30)7-4-16(5-8-24)26-13-17-12-20-21(14-27-17)33-11-10-32-20;/h2-3,6,9,12,14,16,26,30H,4-5,7-8,10-11,13,15H2,1H3,(H,25,28);1H. The Balaban J connectivity index is 0.00000274. The molecule has 0 bridgehead atoms. The Morgan fingerprint density at radius 2 is 1.91 bits per heavy atom. The Bertz CT molecular complexity index is 1120. The topological polar surface area (TPSA) is 111 Å². The lowest BCUT2D eigenvalue weighted by molar-refractivity contribution is 0.00848. The number of ether oxygens (including phenoxy) is 3. The highest BCUT2D eigenvalue weighted by atomic mass is 35.5. The van der Waals surface area contributed by atoms with E-state index < -0.39 is 5.60 Å². The molecular weight excluding hydrogens is 458 g/mol. The van der Waals surface area contributed by atoms with Gasteiger partial charge in [0.2, 0.25) is 5.88 Å². The number of hydrogen-bond donors (Lipinski definition) is 3. The van der Waals surface area contributed by atoms with E-state index >= 15 is 0 Å². The van der Waals surface area contributed by atoms with Crippen molar-refractivity contribution >= 4 is 29.1 Å². The third-order valence-electron chi connectivity index (χ3n) is 6.35. The van der Waals surface area contributed by atoms with Crippen molar-refractivity contribution in [3.8, 4) is 17.4 Å². The number of aliphatic hydroxyl groups is 1. The van der Waals surface area contributed by atoms with E-state index in [4.69, 9.17) is 14.2 Å². The van der Waals surface area contributed by atoms with Crippen LogP contribution in [0.25, 0.3) is 11.0 Å². The molecule has 3 N–H and O–H groups in total. The molecule has 0 radical (unpaired) electrons. The van der Waals surface area contributed by atoms with Gasteiger partial charge in [0.05, 0.1) is 35.8 Å². The molecule has 1 aliphatic carbocycles. The van der Waals surface area contributed by atoms with Crippen LogP contribution in [-0.4, -0.2) is 58.6 Å². The Hall–Kier alpha value is -2.88. The largest absolute Gasteiger partial charge is 0.486 e. The van der Waals surface area contributed by atoms with Crippen molar-refractivity contribution in [1.29, 1.82) is 0 Å². The van der Waals surface area contributed by atoms with Gasteiger partial charge in [-0.05, 0) is 37.8 Å². The number of rotatable bonds is 7. The minimum Gasteiger partial charge on any atom is -0.486 e. The number of aromatic nitrogens is 3. The Morgan fingerprint density at radius 1 is 1.12 bits per heavy atom. The monoisotopic (exact) mass is 487 g/mol. The molecule has 0 aromatic carbocycles. The first kappa shape index (κ1) is 24.3. The van der Waals surface area contributed by atoms with Gasteiger partial charge in [0, 0.05) is 37.5 Å². The first-order valence-electron chi connectivity index (χ1n) is 11.4. The molecule has 1 saturated carbocycles. The molecule has 0 atom stereocenters. The van der Waals surface area contributed by atoms with Gasteiger partial charge in [-0.2, -0.15) is 0 Å². The van der Waals surface area contributed by atoms with Crippen LogP contribution in [-0.2, 0) is 6.54 Å². The van der Waals surface area contributed by atoms with E-state index in [2.05, 4.69) is 25.6 Å². The number of methoxy groups -OCH3 is 1. The maximum Gasteiger partial charge on any atom is 0.213 e. The molecular formula is C24H30ClN5O4. The molecule has 3 aromatic rings. The van der Waals surface area contributed by atoms with E-state index in [1.165, 1.54) is 0 Å². The van der Waals surface area contributed by atoms with Crippen LogP contribution < -0.4 is 24.8 Å². The summed E-state index contributed by atoms with van der Waals surface area (Å²) in [7, 11) is 1.59. The smallest absolute Gasteiger partial charge is 0.213 e. The second-order valence-corrected chi connectivity index (χ2v) is 8.63. The molecule has 0 spiro atoms. The summed E-state index contributed by atoms with van der Waals surface area (Å²) in [4.78, 5) is 13.3. The second-order valence-electron chi connectivity index (χ2n) is 8.63. The molecule has 3 aromatic heterocycles. The van der Waals surface area contributed by atoms with E-state index in [9.17, 15) is 5.11 Å². The predicted octanol–water partition coefficient (Wildman–Crippen LogP) is 3.10. The molecule has 5 rings (SSSR count). The van der Waals surface area contributed by atoms with Gasteiger partial charge in [0.25, 0.3) is 0 Å². The maximum absolute atomic E-state index is 11.1. The number of nitrogens with zero attached hydrogens (tertiary/aromatic N) is 3. The number of anilines is 1. The van der Waals surface area contributed by atoms with Gasteiger partial charge >= 0.3 is 0 Å². The van der Waals surface area contributed by atoms with E-state index in [-0.39, 0.29) is 12.4 Å². The van der Waals surface area contributed by atoms with Crippen molar-refractivity contribution in [2.24, 2.45) is 0 Å². The average molecular weight is 488 g/mol. The lowest BCUT2D eigenvalue weighted by atomic mass is 9.82. The number of hydrogen-bond acceptors (Lipinski definition) is 9. The fraction of sp³-hybridized carbons (Fsp3) is 0.458. The van der Waals surface area contributed by atoms with Crippen LogP contribution >= 0.6 is 12.4 Å². The van der Waals surface area contributed by atoms with Gasteiger partial charge in [0.15, 0.2) is 11.5 Å². The molecule has 9 nitrogen and oxygen atoms in total. The number of nitrogens with one attached hydrogen (secondary N) is 2. The van der Waals surface area contributed by atoms with Crippen LogP contribution in [0.1, 0.15) is 31.4 Å². The summed E-state index contributed by atoms with van der Waals surface area (Å²) in [6.07, 6.45) is 6.69. The van der Waals surface area contributed by atoms with Gasteiger partial charge in [-0.1, -0.05) is 0 Å². The van der Waals surface area contributed by atoms with E-state index in [0.717, 1.165) is 41.0 Å². The van der Waals surface area contributed by atoms with Crippen LogP contribution in [0.15, 0.2) is 36.7 Å². The van der Waals surface area contributed by atoms with Crippen LogP contribution in [0.3, 0.4) is 0 Å². The van der Waals surface area contributed by atoms with Crippen molar-refractivity contribution in [2.45, 2.75) is 43.9 Å². The molecule has 4 heterocycles. The fourth-order valence-corrected chi connectivity index (χ4v) is 4.39. The molecule has 1 aliphatic heterocycles. The molecule has 2 aliphatic rings. The van der Waals surface area contributed by atoms with Crippen molar-refractivity contribution in [3.05, 3.63) is 42.4 Å². The van der Waals surface area contributed by atoms with Crippen LogP contribution in [0, 0.1) is 0 Å². The highest BCUT2D eigenvalue weighted by molar-refractivity contribution is 5.87. The summed E-state index contributed by atoms with van der Waals surface area (Å²) in [5, 5.41) is 18.1. The SMILES string of the molecule is COc1ccc2nccc(NCC3(O)CCC(NCc4cc5c(cn4)OCCO5)CC3)c2n1.Cl. The van der Waals surface area contributed by atoms with Crippen molar-refractivity contribution in [2.75, 3.05) is 32.2 Å². The Kier molecular flexibility index (Phi) is 7.55. The summed E-state index contributed by atoms with van der Waals surface area (Å²) in [5.41, 5.74) is 2.53. The third-order valence-corrected chi connectivity index (χ3v) is 6.35. The zero-order valence-corrected chi connectivity index (χ0v) is 19.9. The van der Waals surface area contributed by atoms with Gasteiger partial charge in [0.1, 0.15) is 18.7 Å². The number of fused-ring (bicyclic) bond motifs is 2. The van der Waals surface area contributed by atoms with E-state index in [1.807, 2.05) is 18.2 Å². The van der Waals surface area contributed by atoms with Crippen molar-refractivity contribution in [3.63, 3.8) is 0 Å². The number of halogens is 1. The van der Waals surface area contributed by atoms with Crippen molar-refractivity contribution in [1.82, 2.24) is 20.3 Å². The normalized spacial score (nSPS) is 21.5. The Morgan fingerprint density at radius 3 is 2.71 bits per heavy atom. The Labute approximate surface area is 204 Å². The summed E-state index contributed by atoms with van der Waals surface area (Å²) >= 11 is 0. The predicted molar refractivity (Wildman–Crippen MR) is 131 cm³/mol. The lowest BCUT2D eigenvalue weighted by Crippen LogP contribution is -2.45. The highest BCUT2D eigenvalue weighted by Gasteiger charge is 2.33. The molecule has 182 valence electrons. The minimum atomic E-state index is -0.762. The zero-order chi connectivity index (χ0) is 22.7. The molecule has 0 unspecified atom stereocenters. The van der Waals surface area contributed by atoms with Crippen LogP contribution in [0.5, 0.6) is 17.4 Å². The van der Waals surface area contributed by atoms with E-state index in [0.29, 0.717) is 56.8 Å². The third kappa shape index (κ3) is 5.43. The second kappa shape index (κ2) is 10.6. The molecule has 1 fully saturated rings. The first-order valence-corrected chi connectivity index (χ1v) is 11.4. The van der Waals surface area contributed by atoms with Crippen molar-refractivity contribution < 1.29 is 19.3 Å². The van der Waals surface area contributed by atoms with Gasteiger partial charge in [-0.15, -0.1) is 12.4 Å². The first-order chi connectivity index (χ1) is 16.1. The molecule has 0 saturated heterocycles. The quantitative estimate of drug-likeness (QED) is 0.463. The highest BCUT2D eigenvalue weighted by Crippen LogP contribution is 2.31. The fourth-order valence-electron chi connectivity index (χ4n) is 4.39. The maximum atomic E-state index is 11.1. The van der Waals surface area contributed by atoms with E-state index in [1.54, 1.807) is 25.6 Å².